The molecule has 5 heteroatoms. The molecule has 1 aromatic rings. The van der Waals surface area contributed by atoms with Crippen LogP contribution in [-0.2, 0) is 0 Å². The monoisotopic (exact) mass is 232 g/mol. The summed E-state index contributed by atoms with van der Waals surface area (Å²) in [4.78, 5) is 0. The predicted molar refractivity (Wildman–Crippen MR) is 55.9 cm³/mol. The van der Waals surface area contributed by atoms with Crippen LogP contribution in [0.2, 0.25) is 0 Å². The number of hydrogen-bond donors (Lipinski definition) is 0. The van der Waals surface area contributed by atoms with Crippen molar-refractivity contribution >= 4 is 0 Å². The molecule has 0 aliphatic carbocycles. The summed E-state index contributed by atoms with van der Waals surface area (Å²) in [5.74, 6) is 1.09. The van der Waals surface area contributed by atoms with Gasteiger partial charge in [0.15, 0.2) is 11.5 Å². The lowest BCUT2D eigenvalue weighted by Gasteiger charge is -2.14. The first kappa shape index (κ1) is 12.5. The molecule has 0 aromatic heterocycles. The fraction of sp³-hybridized carbons (Fsp3) is 0.455. The summed E-state index contributed by atoms with van der Waals surface area (Å²) >= 11 is 0. The van der Waals surface area contributed by atoms with Crippen molar-refractivity contribution in [3.05, 3.63) is 18.2 Å². The van der Waals surface area contributed by atoms with Crippen LogP contribution < -0.4 is 14.2 Å². The Morgan fingerprint density at radius 3 is 2.25 bits per heavy atom. The van der Waals surface area contributed by atoms with Crippen molar-refractivity contribution < 1.29 is 23.0 Å². The maximum absolute atomic E-state index is 12.0. The lowest BCUT2D eigenvalue weighted by atomic mass is 10.3. The number of ether oxygens (including phenoxy) is 3. The first-order valence-electron chi connectivity index (χ1n) is 4.88. The molecule has 0 aliphatic heterocycles. The zero-order chi connectivity index (χ0) is 11.8. The average Bonchev–Trinajstić information content (AvgIpc) is 2.33. The molecule has 0 amide bonds. The highest BCUT2D eigenvalue weighted by molar-refractivity contribution is 5.51. The molecule has 0 unspecified atom stereocenters. The molecule has 0 saturated carbocycles. The molecule has 16 heavy (non-hydrogen) atoms. The first-order valence-corrected chi connectivity index (χ1v) is 4.88. The third kappa shape index (κ3) is 3.25. The van der Waals surface area contributed by atoms with E-state index in [4.69, 9.17) is 14.2 Å². The second kappa shape index (κ2) is 6.87. The van der Waals surface area contributed by atoms with Gasteiger partial charge in [0.25, 0.3) is 0 Å². The fourth-order valence-electron chi connectivity index (χ4n) is 1.20. The molecule has 0 saturated heterocycles. The van der Waals surface area contributed by atoms with E-state index >= 15 is 0 Å². The lowest BCUT2D eigenvalue weighted by Crippen LogP contribution is -2.05. The minimum Gasteiger partial charge on any atom is -0.493 e. The maximum atomic E-state index is 12.0. The smallest absolute Gasteiger partial charge is 0.203 e. The zero-order valence-electron chi connectivity index (χ0n) is 9.04. The van der Waals surface area contributed by atoms with E-state index < -0.39 is 13.3 Å². The molecule has 1 aromatic carbocycles. The number of methoxy groups -OCH3 is 1. The van der Waals surface area contributed by atoms with Crippen molar-refractivity contribution in [2.45, 2.75) is 0 Å². The molecular weight excluding hydrogens is 218 g/mol. The molecular formula is C11H14F2O3. The highest BCUT2D eigenvalue weighted by Crippen LogP contribution is 2.36. The van der Waals surface area contributed by atoms with Crippen LogP contribution in [0, 0.1) is 0 Å². The second-order valence-electron chi connectivity index (χ2n) is 2.86. The Hall–Kier alpha value is -1.52. The van der Waals surface area contributed by atoms with Gasteiger partial charge in [-0.1, -0.05) is 6.07 Å². The van der Waals surface area contributed by atoms with Gasteiger partial charge in [-0.05, 0) is 12.1 Å². The number of rotatable bonds is 7. The van der Waals surface area contributed by atoms with E-state index in [2.05, 4.69) is 0 Å². The van der Waals surface area contributed by atoms with E-state index in [0.29, 0.717) is 17.2 Å². The van der Waals surface area contributed by atoms with Gasteiger partial charge in [0.2, 0.25) is 5.75 Å². The first-order chi connectivity index (χ1) is 7.83. The number of halogens is 2. The second-order valence-corrected chi connectivity index (χ2v) is 2.86. The molecule has 0 fully saturated rings. The summed E-state index contributed by atoms with van der Waals surface area (Å²) in [6, 6.07) is 4.97. The van der Waals surface area contributed by atoms with E-state index in [0.717, 1.165) is 0 Å². The Morgan fingerprint density at radius 2 is 1.62 bits per heavy atom. The van der Waals surface area contributed by atoms with Crippen molar-refractivity contribution in [3.63, 3.8) is 0 Å². The Morgan fingerprint density at radius 1 is 1.00 bits per heavy atom. The number of alkyl halides is 2. The Bertz CT molecular complexity index is 318. The van der Waals surface area contributed by atoms with Gasteiger partial charge < -0.3 is 14.2 Å². The summed E-state index contributed by atoms with van der Waals surface area (Å²) in [7, 11) is 1.47. The molecule has 0 bridgehead atoms. The lowest BCUT2D eigenvalue weighted by molar-refractivity contribution is 0.226. The third-order valence-corrected chi connectivity index (χ3v) is 1.82. The third-order valence-electron chi connectivity index (χ3n) is 1.82. The number of para-hydroxylation sites is 1. The van der Waals surface area contributed by atoms with E-state index in [1.807, 2.05) is 0 Å². The van der Waals surface area contributed by atoms with Crippen LogP contribution in [0.3, 0.4) is 0 Å². The van der Waals surface area contributed by atoms with Gasteiger partial charge in [-0.3, -0.25) is 0 Å². The highest BCUT2D eigenvalue weighted by atomic mass is 19.1. The van der Waals surface area contributed by atoms with Gasteiger partial charge in [-0.25, -0.2) is 8.78 Å². The normalized spacial score (nSPS) is 9.94. The molecule has 0 atom stereocenters. The maximum Gasteiger partial charge on any atom is 0.203 e. The number of hydrogen-bond acceptors (Lipinski definition) is 3. The molecule has 0 aliphatic rings. The Labute approximate surface area is 92.9 Å². The van der Waals surface area contributed by atoms with Gasteiger partial charge in [-0.15, -0.1) is 0 Å². The summed E-state index contributed by atoms with van der Waals surface area (Å²) in [6.45, 7) is -1.37. The van der Waals surface area contributed by atoms with Crippen molar-refractivity contribution in [1.82, 2.24) is 0 Å². The quantitative estimate of drug-likeness (QED) is 0.722. The van der Waals surface area contributed by atoms with Crippen molar-refractivity contribution in [3.8, 4) is 17.2 Å². The number of benzene rings is 1. The Balaban J connectivity index is 2.86. The van der Waals surface area contributed by atoms with Crippen LogP contribution in [0.1, 0.15) is 0 Å². The van der Waals surface area contributed by atoms with Crippen LogP contribution in [0.5, 0.6) is 17.2 Å². The standard InChI is InChI=1S/C11H14F2O3/c1-14-9-3-2-4-10(15-7-5-12)11(9)16-8-6-13/h2-4H,5-8H2,1H3. The molecule has 0 spiro atoms. The van der Waals surface area contributed by atoms with E-state index in [1.54, 1.807) is 18.2 Å². The van der Waals surface area contributed by atoms with Gasteiger partial charge in [-0.2, -0.15) is 0 Å². The average molecular weight is 232 g/mol. The molecule has 3 nitrogen and oxygen atoms in total. The van der Waals surface area contributed by atoms with Crippen LogP contribution in [-0.4, -0.2) is 33.7 Å². The molecule has 1 rings (SSSR count). The van der Waals surface area contributed by atoms with E-state index in [-0.39, 0.29) is 13.2 Å². The summed E-state index contributed by atoms with van der Waals surface area (Å²) in [6.07, 6.45) is 0. The van der Waals surface area contributed by atoms with Crippen molar-refractivity contribution in [2.75, 3.05) is 33.7 Å². The predicted octanol–water partition coefficient (Wildman–Crippen LogP) is 2.39. The summed E-state index contributed by atoms with van der Waals surface area (Å²) < 4.78 is 39.3. The molecule has 90 valence electrons. The minimum atomic E-state index is -0.611. The van der Waals surface area contributed by atoms with Crippen LogP contribution in [0.25, 0.3) is 0 Å². The topological polar surface area (TPSA) is 27.7 Å². The van der Waals surface area contributed by atoms with E-state index in [9.17, 15) is 8.78 Å². The van der Waals surface area contributed by atoms with Crippen LogP contribution in [0.4, 0.5) is 8.78 Å². The molecule has 0 heterocycles. The highest BCUT2D eigenvalue weighted by Gasteiger charge is 2.11. The molecule has 0 radical (unpaired) electrons. The summed E-state index contributed by atoms with van der Waals surface area (Å²) in [5, 5.41) is 0. The van der Waals surface area contributed by atoms with Gasteiger partial charge in [0.05, 0.1) is 7.11 Å². The largest absolute Gasteiger partial charge is 0.493 e. The fourth-order valence-corrected chi connectivity index (χ4v) is 1.20. The summed E-state index contributed by atoms with van der Waals surface area (Å²) in [5.41, 5.74) is 0. The van der Waals surface area contributed by atoms with E-state index in [1.165, 1.54) is 7.11 Å². The minimum absolute atomic E-state index is 0.0703. The van der Waals surface area contributed by atoms with Crippen LogP contribution >= 0.6 is 0 Å². The zero-order valence-corrected chi connectivity index (χ0v) is 9.04. The SMILES string of the molecule is COc1cccc(OCCF)c1OCCF. The molecule has 0 N–H and O–H groups in total. The Kier molecular flexibility index (Phi) is 5.39. The van der Waals surface area contributed by atoms with Crippen LogP contribution in [0.15, 0.2) is 18.2 Å². The van der Waals surface area contributed by atoms with Gasteiger partial charge in [0.1, 0.15) is 26.6 Å². The van der Waals surface area contributed by atoms with Crippen molar-refractivity contribution in [1.29, 1.82) is 0 Å². The van der Waals surface area contributed by atoms with Crippen molar-refractivity contribution in [2.24, 2.45) is 0 Å². The van der Waals surface area contributed by atoms with Gasteiger partial charge in [0, 0.05) is 0 Å². The van der Waals surface area contributed by atoms with Gasteiger partial charge >= 0.3 is 0 Å².